The number of fused-ring (bicyclic) bond motifs is 1. The van der Waals surface area contributed by atoms with E-state index in [1.54, 1.807) is 37.4 Å². The summed E-state index contributed by atoms with van der Waals surface area (Å²) in [5.74, 6) is 0. The highest BCUT2D eigenvalue weighted by Crippen LogP contribution is 2.32. The maximum atomic E-state index is 13.0. The molecule has 20 heavy (non-hydrogen) atoms. The number of aromatic nitrogens is 1. The maximum absolute atomic E-state index is 13.0. The van der Waals surface area contributed by atoms with E-state index in [2.05, 4.69) is 0 Å². The summed E-state index contributed by atoms with van der Waals surface area (Å²) >= 11 is 0. The molecule has 0 radical (unpaired) electrons. The van der Waals surface area contributed by atoms with Crippen LogP contribution >= 0.6 is 0 Å². The Kier molecular flexibility index (Phi) is 2.76. The Morgan fingerprint density at radius 1 is 1.25 bits per heavy atom. The third kappa shape index (κ3) is 1.70. The van der Waals surface area contributed by atoms with Crippen molar-refractivity contribution in [2.24, 2.45) is 0 Å². The molecular formula is C15H16N2O2S. The SMILES string of the molecule is CC1(S(=O)(=O)n2ccc3cccc(N)c32)C=CC=CC1. The number of para-hydroxylation sites is 1. The lowest BCUT2D eigenvalue weighted by Gasteiger charge is -2.27. The van der Waals surface area contributed by atoms with Gasteiger partial charge in [0.1, 0.15) is 4.75 Å². The van der Waals surface area contributed by atoms with Crippen molar-refractivity contribution < 1.29 is 8.42 Å². The highest BCUT2D eigenvalue weighted by Gasteiger charge is 2.38. The third-order valence-electron chi connectivity index (χ3n) is 3.78. The van der Waals surface area contributed by atoms with Crippen LogP contribution in [0.1, 0.15) is 13.3 Å². The van der Waals surface area contributed by atoms with Crippen LogP contribution in [0.5, 0.6) is 0 Å². The molecule has 3 rings (SSSR count). The van der Waals surface area contributed by atoms with E-state index in [0.29, 0.717) is 17.6 Å². The summed E-state index contributed by atoms with van der Waals surface area (Å²) in [6.45, 7) is 1.73. The molecule has 0 spiro atoms. The lowest BCUT2D eigenvalue weighted by molar-refractivity contribution is 0.555. The molecule has 0 amide bonds. The molecule has 1 atom stereocenters. The van der Waals surface area contributed by atoms with Gasteiger partial charge in [-0.3, -0.25) is 0 Å². The Morgan fingerprint density at radius 3 is 2.75 bits per heavy atom. The summed E-state index contributed by atoms with van der Waals surface area (Å²) in [7, 11) is -3.57. The van der Waals surface area contributed by atoms with Crippen LogP contribution in [0.15, 0.2) is 54.8 Å². The van der Waals surface area contributed by atoms with Gasteiger partial charge in [-0.05, 0) is 25.5 Å². The van der Waals surface area contributed by atoms with Gasteiger partial charge in [0.25, 0.3) is 0 Å². The molecule has 0 saturated heterocycles. The topological polar surface area (TPSA) is 65.1 Å². The van der Waals surface area contributed by atoms with Gasteiger partial charge >= 0.3 is 0 Å². The number of hydrogen-bond acceptors (Lipinski definition) is 3. The second kappa shape index (κ2) is 4.24. The lowest BCUT2D eigenvalue weighted by atomic mass is 10.0. The molecule has 104 valence electrons. The number of nitrogens with zero attached hydrogens (tertiary/aromatic N) is 1. The highest BCUT2D eigenvalue weighted by molar-refractivity contribution is 7.91. The summed E-state index contributed by atoms with van der Waals surface area (Å²) in [5.41, 5.74) is 6.97. The van der Waals surface area contributed by atoms with Crippen molar-refractivity contribution in [2.75, 3.05) is 5.73 Å². The quantitative estimate of drug-likeness (QED) is 0.864. The minimum absolute atomic E-state index is 0.457. The monoisotopic (exact) mass is 288 g/mol. The van der Waals surface area contributed by atoms with Crippen LogP contribution in [0.25, 0.3) is 10.9 Å². The van der Waals surface area contributed by atoms with Crippen LogP contribution in [-0.2, 0) is 10.0 Å². The zero-order valence-corrected chi connectivity index (χ0v) is 12.0. The average Bonchev–Trinajstić information content (AvgIpc) is 2.85. The minimum Gasteiger partial charge on any atom is -0.397 e. The van der Waals surface area contributed by atoms with Crippen LogP contribution in [0.4, 0.5) is 5.69 Å². The summed E-state index contributed by atoms with van der Waals surface area (Å²) in [6.07, 6.45) is 9.27. The van der Waals surface area contributed by atoms with E-state index < -0.39 is 14.8 Å². The van der Waals surface area contributed by atoms with Crippen LogP contribution in [0.2, 0.25) is 0 Å². The summed E-state index contributed by atoms with van der Waals surface area (Å²) in [4.78, 5) is 0. The number of rotatable bonds is 2. The van der Waals surface area contributed by atoms with Gasteiger partial charge in [-0.15, -0.1) is 0 Å². The Morgan fingerprint density at radius 2 is 2.05 bits per heavy atom. The molecule has 1 aliphatic rings. The lowest BCUT2D eigenvalue weighted by Crippen LogP contribution is -2.37. The van der Waals surface area contributed by atoms with Crippen molar-refractivity contribution >= 4 is 26.6 Å². The molecule has 1 aliphatic carbocycles. The Balaban J connectivity index is 2.25. The number of allylic oxidation sites excluding steroid dienone is 3. The Bertz CT molecular complexity index is 831. The van der Waals surface area contributed by atoms with Crippen molar-refractivity contribution in [2.45, 2.75) is 18.1 Å². The van der Waals surface area contributed by atoms with Crippen LogP contribution in [-0.4, -0.2) is 17.1 Å². The number of benzene rings is 1. The van der Waals surface area contributed by atoms with Gasteiger partial charge in [-0.2, -0.15) is 0 Å². The van der Waals surface area contributed by atoms with E-state index in [0.717, 1.165) is 5.39 Å². The van der Waals surface area contributed by atoms with Crippen molar-refractivity contribution in [3.63, 3.8) is 0 Å². The molecule has 5 heteroatoms. The highest BCUT2D eigenvalue weighted by atomic mass is 32.2. The molecule has 0 aliphatic heterocycles. The number of nitrogens with two attached hydrogens (primary N) is 1. The van der Waals surface area contributed by atoms with E-state index in [1.165, 1.54) is 3.97 Å². The van der Waals surface area contributed by atoms with Gasteiger partial charge < -0.3 is 5.73 Å². The fraction of sp³-hybridized carbons (Fsp3) is 0.200. The smallest absolute Gasteiger partial charge is 0.248 e. The number of nitrogen functional groups attached to an aromatic ring is 1. The standard InChI is InChI=1S/C15H16N2O2S/c1-15(9-3-2-4-10-15)20(18,19)17-11-8-12-6-5-7-13(16)14(12)17/h2-9,11H,10,16H2,1H3. The van der Waals surface area contributed by atoms with E-state index in [-0.39, 0.29) is 0 Å². The zero-order valence-electron chi connectivity index (χ0n) is 11.2. The first kappa shape index (κ1) is 13.0. The zero-order chi connectivity index (χ0) is 14.4. The van der Waals surface area contributed by atoms with E-state index in [4.69, 9.17) is 5.73 Å². The maximum Gasteiger partial charge on any atom is 0.248 e. The molecular weight excluding hydrogens is 272 g/mol. The fourth-order valence-corrected chi connectivity index (χ4v) is 4.19. The second-order valence-electron chi connectivity index (χ2n) is 5.21. The molecule has 0 saturated carbocycles. The third-order valence-corrected chi connectivity index (χ3v) is 6.08. The van der Waals surface area contributed by atoms with Crippen LogP contribution < -0.4 is 5.73 Å². The minimum atomic E-state index is -3.57. The molecule has 2 N–H and O–H groups in total. The van der Waals surface area contributed by atoms with Crippen LogP contribution in [0, 0.1) is 0 Å². The first-order chi connectivity index (χ1) is 9.46. The largest absolute Gasteiger partial charge is 0.397 e. The predicted molar refractivity (Wildman–Crippen MR) is 82.0 cm³/mol. The molecule has 1 unspecified atom stereocenters. The van der Waals surface area contributed by atoms with Gasteiger partial charge in [0, 0.05) is 11.6 Å². The van der Waals surface area contributed by atoms with E-state index in [1.807, 2.05) is 24.3 Å². The first-order valence-electron chi connectivity index (χ1n) is 6.41. The average molecular weight is 288 g/mol. The van der Waals surface area contributed by atoms with Gasteiger partial charge in [-0.25, -0.2) is 12.4 Å². The van der Waals surface area contributed by atoms with Crippen molar-refractivity contribution in [1.29, 1.82) is 0 Å². The number of hydrogen-bond donors (Lipinski definition) is 1. The van der Waals surface area contributed by atoms with E-state index >= 15 is 0 Å². The van der Waals surface area contributed by atoms with E-state index in [9.17, 15) is 8.42 Å². The van der Waals surface area contributed by atoms with Crippen molar-refractivity contribution in [3.05, 3.63) is 54.8 Å². The number of anilines is 1. The Labute approximate surface area is 118 Å². The van der Waals surface area contributed by atoms with Gasteiger partial charge in [0.2, 0.25) is 10.0 Å². The molecule has 0 bridgehead atoms. The summed E-state index contributed by atoms with van der Waals surface area (Å²) in [6, 6.07) is 7.17. The fourth-order valence-electron chi connectivity index (χ4n) is 2.52. The first-order valence-corrected chi connectivity index (χ1v) is 7.85. The predicted octanol–water partition coefficient (Wildman–Crippen LogP) is 2.68. The van der Waals surface area contributed by atoms with Crippen molar-refractivity contribution in [1.82, 2.24) is 3.97 Å². The summed E-state index contributed by atoms with van der Waals surface area (Å²) < 4.78 is 26.3. The molecule has 1 heterocycles. The van der Waals surface area contributed by atoms with Gasteiger partial charge in [0.05, 0.1) is 11.2 Å². The second-order valence-corrected chi connectivity index (χ2v) is 7.48. The molecule has 1 aromatic heterocycles. The normalized spacial score (nSPS) is 22.4. The van der Waals surface area contributed by atoms with Gasteiger partial charge in [-0.1, -0.05) is 36.4 Å². The molecule has 0 fully saturated rings. The van der Waals surface area contributed by atoms with Crippen molar-refractivity contribution in [3.8, 4) is 0 Å². The molecule has 4 nitrogen and oxygen atoms in total. The van der Waals surface area contributed by atoms with Crippen LogP contribution in [0.3, 0.4) is 0 Å². The Hall–Kier alpha value is -2.01. The molecule has 2 aromatic rings. The van der Waals surface area contributed by atoms with Gasteiger partial charge in [0.15, 0.2) is 0 Å². The molecule has 1 aromatic carbocycles. The summed E-state index contributed by atoms with van der Waals surface area (Å²) in [5, 5.41) is 0.826.